The average molecular weight is 299 g/mol. The first-order valence-corrected chi connectivity index (χ1v) is 7.36. The van der Waals surface area contributed by atoms with Crippen LogP contribution in [0.3, 0.4) is 0 Å². The quantitative estimate of drug-likeness (QED) is 0.598. The molecule has 1 aliphatic rings. The van der Waals surface area contributed by atoms with Gasteiger partial charge >= 0.3 is 0 Å². The van der Waals surface area contributed by atoms with Crippen molar-refractivity contribution in [2.75, 3.05) is 20.6 Å². The lowest BCUT2D eigenvalue weighted by molar-refractivity contribution is -0.138. The van der Waals surface area contributed by atoms with Gasteiger partial charge in [0.1, 0.15) is 0 Å². The molecule has 1 heterocycles. The molecule has 5 heteroatoms. The summed E-state index contributed by atoms with van der Waals surface area (Å²) in [6.07, 6.45) is 5.04. The summed E-state index contributed by atoms with van der Waals surface area (Å²) in [5.74, 6) is -0.165. The van der Waals surface area contributed by atoms with E-state index in [2.05, 4.69) is 4.99 Å². The lowest BCUT2D eigenvalue weighted by Crippen LogP contribution is -2.31. The molecule has 116 valence electrons. The molecule has 0 saturated carbocycles. The van der Waals surface area contributed by atoms with Crippen molar-refractivity contribution in [1.29, 1.82) is 0 Å². The molecule has 0 atom stereocenters. The summed E-state index contributed by atoms with van der Waals surface area (Å²) in [4.78, 5) is 31.2. The van der Waals surface area contributed by atoms with Crippen LogP contribution in [-0.4, -0.2) is 48.0 Å². The summed E-state index contributed by atoms with van der Waals surface area (Å²) in [5.41, 5.74) is 1.70. The van der Waals surface area contributed by atoms with Crippen molar-refractivity contribution in [2.45, 2.75) is 19.3 Å². The van der Waals surface area contributed by atoms with Gasteiger partial charge in [-0.25, -0.2) is 0 Å². The highest BCUT2D eigenvalue weighted by Crippen LogP contribution is 2.15. The molecule has 1 aliphatic heterocycles. The average Bonchev–Trinajstić information content (AvgIpc) is 2.82. The molecule has 5 nitrogen and oxygen atoms in total. The highest BCUT2D eigenvalue weighted by Gasteiger charge is 2.28. The van der Waals surface area contributed by atoms with E-state index in [0.29, 0.717) is 25.8 Å². The van der Waals surface area contributed by atoms with E-state index in [9.17, 15) is 9.59 Å². The third-order valence-electron chi connectivity index (χ3n) is 3.34. The minimum Gasteiger partial charge on any atom is -0.383 e. The van der Waals surface area contributed by atoms with Crippen molar-refractivity contribution in [3.8, 4) is 0 Å². The molecule has 0 radical (unpaired) electrons. The molecule has 0 N–H and O–H groups in total. The number of allylic oxidation sites excluding steroid dienone is 1. The number of rotatable bonds is 6. The van der Waals surface area contributed by atoms with Crippen molar-refractivity contribution in [2.24, 2.45) is 4.99 Å². The summed E-state index contributed by atoms with van der Waals surface area (Å²) in [6.45, 7) is 0.390. The standard InChI is InChI=1S/C17H21N3O2/c1-19(2)12-10-15(18-14-6-4-3-5-7-14)11-13-20-16(21)8-9-17(20)22/h3-7,10,12H,8-9,11,13H2,1-2H3/b12-10-,18-15-. The molecule has 2 amide bonds. The molecule has 0 spiro atoms. The molecule has 0 unspecified atom stereocenters. The molecule has 0 aromatic heterocycles. The first-order chi connectivity index (χ1) is 10.6. The van der Waals surface area contributed by atoms with Crippen LogP contribution >= 0.6 is 0 Å². The van der Waals surface area contributed by atoms with Crippen LogP contribution in [0.5, 0.6) is 0 Å². The number of carbonyl (C=O) groups is 2. The minimum atomic E-state index is -0.0827. The van der Waals surface area contributed by atoms with Crippen LogP contribution < -0.4 is 0 Å². The Morgan fingerprint density at radius 2 is 1.82 bits per heavy atom. The number of hydrogen-bond donors (Lipinski definition) is 0. The Kier molecular flexibility index (Phi) is 5.47. The van der Waals surface area contributed by atoms with Gasteiger partial charge in [-0.3, -0.25) is 19.5 Å². The van der Waals surface area contributed by atoms with Crippen LogP contribution in [0.25, 0.3) is 0 Å². The van der Waals surface area contributed by atoms with Gasteiger partial charge in [0.25, 0.3) is 0 Å². The number of benzene rings is 1. The largest absolute Gasteiger partial charge is 0.383 e. The van der Waals surface area contributed by atoms with Gasteiger partial charge in [-0.15, -0.1) is 0 Å². The van der Waals surface area contributed by atoms with Crippen LogP contribution in [0.4, 0.5) is 5.69 Å². The number of likely N-dealkylation sites (tertiary alicyclic amines) is 1. The Hall–Kier alpha value is -2.43. The molecule has 0 bridgehead atoms. The molecule has 1 aromatic carbocycles. The number of nitrogens with zero attached hydrogens (tertiary/aromatic N) is 3. The van der Waals surface area contributed by atoms with E-state index >= 15 is 0 Å². The summed E-state index contributed by atoms with van der Waals surface area (Å²) >= 11 is 0. The van der Waals surface area contributed by atoms with E-state index in [0.717, 1.165) is 11.4 Å². The van der Waals surface area contributed by atoms with Gasteiger partial charge in [0, 0.05) is 51.8 Å². The maximum absolute atomic E-state index is 11.7. The Morgan fingerprint density at radius 1 is 1.18 bits per heavy atom. The second-order valence-corrected chi connectivity index (χ2v) is 5.41. The van der Waals surface area contributed by atoms with Gasteiger partial charge in [0.2, 0.25) is 11.8 Å². The van der Waals surface area contributed by atoms with Crippen molar-refractivity contribution >= 4 is 23.2 Å². The summed E-state index contributed by atoms with van der Waals surface area (Å²) in [5, 5.41) is 0. The molecule has 1 aromatic rings. The SMILES string of the molecule is CN(C)/C=C\C(CCN1C(=O)CCC1=O)=N\c1ccccc1. The second kappa shape index (κ2) is 7.54. The number of carbonyl (C=O) groups excluding carboxylic acids is 2. The van der Waals surface area contributed by atoms with Gasteiger partial charge < -0.3 is 4.90 Å². The highest BCUT2D eigenvalue weighted by molar-refractivity contribution is 6.03. The fourth-order valence-corrected chi connectivity index (χ4v) is 2.18. The van der Waals surface area contributed by atoms with Gasteiger partial charge in [-0.1, -0.05) is 18.2 Å². The van der Waals surface area contributed by atoms with Crippen molar-refractivity contribution in [3.05, 3.63) is 42.6 Å². The zero-order chi connectivity index (χ0) is 15.9. The number of amides is 2. The van der Waals surface area contributed by atoms with E-state index in [-0.39, 0.29) is 11.8 Å². The van der Waals surface area contributed by atoms with Crippen molar-refractivity contribution < 1.29 is 9.59 Å². The van der Waals surface area contributed by atoms with E-state index in [1.54, 1.807) is 0 Å². The third kappa shape index (κ3) is 4.55. The van der Waals surface area contributed by atoms with E-state index in [1.807, 2.05) is 61.6 Å². The normalized spacial score (nSPS) is 15.9. The zero-order valence-corrected chi connectivity index (χ0v) is 13.0. The van der Waals surface area contributed by atoms with E-state index < -0.39 is 0 Å². The van der Waals surface area contributed by atoms with E-state index in [1.165, 1.54) is 4.90 Å². The van der Waals surface area contributed by atoms with E-state index in [4.69, 9.17) is 0 Å². The first-order valence-electron chi connectivity index (χ1n) is 7.36. The maximum Gasteiger partial charge on any atom is 0.229 e. The molecule has 22 heavy (non-hydrogen) atoms. The number of hydrogen-bond acceptors (Lipinski definition) is 4. The second-order valence-electron chi connectivity index (χ2n) is 5.41. The molecule has 1 fully saturated rings. The lowest BCUT2D eigenvalue weighted by Gasteiger charge is -2.14. The number of para-hydroxylation sites is 1. The van der Waals surface area contributed by atoms with Gasteiger partial charge in [0.15, 0.2) is 0 Å². The Bertz CT molecular complexity index is 575. The van der Waals surface area contributed by atoms with Crippen molar-refractivity contribution in [3.63, 3.8) is 0 Å². The number of imide groups is 1. The molecular formula is C17H21N3O2. The van der Waals surface area contributed by atoms with Gasteiger partial charge in [0.05, 0.1) is 5.69 Å². The highest BCUT2D eigenvalue weighted by atomic mass is 16.2. The Labute approximate surface area is 130 Å². The van der Waals surface area contributed by atoms with Gasteiger partial charge in [-0.2, -0.15) is 0 Å². The molecule has 1 saturated heterocycles. The fourth-order valence-electron chi connectivity index (χ4n) is 2.18. The molecule has 2 rings (SSSR count). The Balaban J connectivity index is 2.09. The predicted octanol–water partition coefficient (Wildman–Crippen LogP) is 2.37. The molecule has 0 aliphatic carbocycles. The Morgan fingerprint density at radius 3 is 2.41 bits per heavy atom. The van der Waals surface area contributed by atoms with Crippen LogP contribution in [-0.2, 0) is 9.59 Å². The molecular weight excluding hydrogens is 278 g/mol. The maximum atomic E-state index is 11.7. The summed E-state index contributed by atoms with van der Waals surface area (Å²) in [7, 11) is 3.87. The van der Waals surface area contributed by atoms with Crippen LogP contribution in [0.1, 0.15) is 19.3 Å². The van der Waals surface area contributed by atoms with Crippen LogP contribution in [0.2, 0.25) is 0 Å². The topological polar surface area (TPSA) is 53.0 Å². The fraction of sp³-hybridized carbons (Fsp3) is 0.353. The predicted molar refractivity (Wildman–Crippen MR) is 86.9 cm³/mol. The number of aliphatic imine (C=N–C) groups is 1. The smallest absolute Gasteiger partial charge is 0.229 e. The minimum absolute atomic E-state index is 0.0827. The first kappa shape index (κ1) is 15.9. The summed E-state index contributed by atoms with van der Waals surface area (Å²) in [6, 6.07) is 9.65. The van der Waals surface area contributed by atoms with Crippen molar-refractivity contribution in [1.82, 2.24) is 9.80 Å². The lowest BCUT2D eigenvalue weighted by atomic mass is 10.2. The van der Waals surface area contributed by atoms with Crippen LogP contribution in [0, 0.1) is 0 Å². The summed E-state index contributed by atoms with van der Waals surface area (Å²) < 4.78 is 0. The van der Waals surface area contributed by atoms with Gasteiger partial charge in [-0.05, 0) is 18.2 Å². The third-order valence-corrected chi connectivity index (χ3v) is 3.34. The monoisotopic (exact) mass is 299 g/mol. The zero-order valence-electron chi connectivity index (χ0n) is 13.0. The van der Waals surface area contributed by atoms with Crippen LogP contribution in [0.15, 0.2) is 47.6 Å².